The van der Waals surface area contributed by atoms with Gasteiger partial charge < -0.3 is 0 Å². The van der Waals surface area contributed by atoms with Crippen molar-refractivity contribution in [2.75, 3.05) is 0 Å². The fourth-order valence-electron chi connectivity index (χ4n) is 0. The summed E-state index contributed by atoms with van der Waals surface area (Å²) in [5, 5.41) is 0. The first-order valence-corrected chi connectivity index (χ1v) is 0. The van der Waals surface area contributed by atoms with Gasteiger partial charge in [-0.05, 0) is 0 Å². The molecule has 0 amide bonds. The van der Waals surface area contributed by atoms with E-state index in [0.717, 1.165) is 0 Å². The maximum absolute atomic E-state index is 0. The standard InChI is InChI=1S/2Ba.2Zn. The van der Waals surface area contributed by atoms with Crippen molar-refractivity contribution in [2.45, 2.75) is 0 Å². The molecule has 0 nitrogen and oxygen atoms in total. The van der Waals surface area contributed by atoms with E-state index in [4.69, 9.17) is 0 Å². The summed E-state index contributed by atoms with van der Waals surface area (Å²) in [6, 6.07) is 0. The van der Waals surface area contributed by atoms with Gasteiger partial charge in [0.1, 0.15) is 0 Å². The molecule has 0 aliphatic heterocycles. The summed E-state index contributed by atoms with van der Waals surface area (Å²) >= 11 is 0. The molecule has 0 aliphatic rings. The summed E-state index contributed by atoms with van der Waals surface area (Å²) in [7, 11) is 0. The van der Waals surface area contributed by atoms with E-state index in [-0.39, 0.29) is 137 Å². The van der Waals surface area contributed by atoms with Crippen LogP contribution in [-0.4, -0.2) is 97.8 Å². The Labute approximate surface area is 132 Å². The minimum absolute atomic E-state index is 0. The molecule has 0 aromatic rings. The van der Waals surface area contributed by atoms with Crippen LogP contribution in [0, 0.1) is 0 Å². The van der Waals surface area contributed by atoms with Gasteiger partial charge in [0, 0.05) is 137 Å². The molecule has 0 aromatic carbocycles. The predicted molar refractivity (Wildman–Crippen MR) is 11.5 cm³/mol. The molecule has 0 bridgehead atoms. The summed E-state index contributed by atoms with van der Waals surface area (Å²) in [4.78, 5) is 0. The maximum atomic E-state index is 0. The first-order chi connectivity index (χ1) is 0. The normalized spacial score (nSPS) is 0. The van der Waals surface area contributed by atoms with Gasteiger partial charge in [0.2, 0.25) is 0 Å². The molecule has 4 heteroatoms. The van der Waals surface area contributed by atoms with Gasteiger partial charge in [-0.1, -0.05) is 0 Å². The van der Waals surface area contributed by atoms with Crippen molar-refractivity contribution in [2.24, 2.45) is 0 Å². The summed E-state index contributed by atoms with van der Waals surface area (Å²) in [5.41, 5.74) is 0. The van der Waals surface area contributed by atoms with Gasteiger partial charge in [0.05, 0.1) is 0 Å². The average molecular weight is 405 g/mol. The molecule has 0 aromatic heterocycles. The molecular formula is Ba2Zn2. The molecule has 8 valence electrons. The van der Waals surface area contributed by atoms with Gasteiger partial charge in [0.25, 0.3) is 0 Å². The Morgan fingerprint density at radius 2 is 0.500 bits per heavy atom. The molecule has 0 spiro atoms. The number of rotatable bonds is 0. The molecule has 0 atom stereocenters. The Bertz CT molecular complexity index is 4.00. The molecule has 4 radical (unpaired) electrons. The zero-order valence-corrected chi connectivity index (χ0v) is 17.6. The van der Waals surface area contributed by atoms with Crippen molar-refractivity contribution in [3.8, 4) is 0 Å². The van der Waals surface area contributed by atoms with Gasteiger partial charge in [-0.2, -0.15) is 0 Å². The van der Waals surface area contributed by atoms with E-state index < -0.39 is 0 Å². The van der Waals surface area contributed by atoms with Crippen LogP contribution >= 0.6 is 0 Å². The van der Waals surface area contributed by atoms with Crippen LogP contribution in [0.5, 0.6) is 0 Å². The average Bonchev–Trinajstić information content (AvgIpc) is 0. The summed E-state index contributed by atoms with van der Waals surface area (Å²) in [5.74, 6) is 0. The van der Waals surface area contributed by atoms with Crippen LogP contribution in [-0.2, 0) is 39.0 Å². The molecule has 0 aliphatic carbocycles. The predicted octanol–water partition coefficient (Wildman–Crippen LogP) is -0.767. The molecule has 0 fully saturated rings. The van der Waals surface area contributed by atoms with E-state index in [1.165, 1.54) is 0 Å². The second-order valence-corrected chi connectivity index (χ2v) is 0. The van der Waals surface area contributed by atoms with Crippen molar-refractivity contribution < 1.29 is 39.0 Å². The van der Waals surface area contributed by atoms with Crippen LogP contribution in [0.25, 0.3) is 0 Å². The van der Waals surface area contributed by atoms with Gasteiger partial charge in [-0.25, -0.2) is 0 Å². The van der Waals surface area contributed by atoms with Crippen LogP contribution in [0.1, 0.15) is 0 Å². The van der Waals surface area contributed by atoms with Crippen LogP contribution in [0.15, 0.2) is 0 Å². The fraction of sp³-hybridized carbons (Fsp3) is 0. The van der Waals surface area contributed by atoms with E-state index in [2.05, 4.69) is 0 Å². The third kappa shape index (κ3) is 9.63. The fourth-order valence-corrected chi connectivity index (χ4v) is 0. The van der Waals surface area contributed by atoms with Crippen molar-refractivity contribution in [3.63, 3.8) is 0 Å². The number of hydrogen-bond acceptors (Lipinski definition) is 0. The summed E-state index contributed by atoms with van der Waals surface area (Å²) < 4.78 is 0. The third-order valence-corrected chi connectivity index (χ3v) is 0. The van der Waals surface area contributed by atoms with E-state index in [9.17, 15) is 0 Å². The molecule has 0 N–H and O–H groups in total. The van der Waals surface area contributed by atoms with E-state index >= 15 is 0 Å². The molecule has 0 unspecified atom stereocenters. The van der Waals surface area contributed by atoms with Crippen LogP contribution < -0.4 is 0 Å². The minimum Gasteiger partial charge on any atom is 0 e. The van der Waals surface area contributed by atoms with Gasteiger partial charge >= 0.3 is 0 Å². The largest absolute Gasteiger partial charge is 0 e. The van der Waals surface area contributed by atoms with Crippen LogP contribution in [0.4, 0.5) is 0 Å². The van der Waals surface area contributed by atoms with E-state index in [1.807, 2.05) is 0 Å². The first-order valence-electron chi connectivity index (χ1n) is 0. The molecular weight excluding hydrogens is 405 g/mol. The quantitative estimate of drug-likeness (QED) is 0.465. The number of hydrogen-bond donors (Lipinski definition) is 0. The topological polar surface area (TPSA) is 0 Å². The molecule has 0 rings (SSSR count). The van der Waals surface area contributed by atoms with Crippen molar-refractivity contribution in [1.82, 2.24) is 0 Å². The first kappa shape index (κ1) is 23.8. The maximum Gasteiger partial charge on any atom is 0 e. The Kier molecular flexibility index (Phi) is 93.1. The van der Waals surface area contributed by atoms with Gasteiger partial charge in [-0.15, -0.1) is 0 Å². The smallest absolute Gasteiger partial charge is 0 e. The van der Waals surface area contributed by atoms with Crippen molar-refractivity contribution in [1.29, 1.82) is 0 Å². The zero-order chi connectivity index (χ0) is 0. The minimum atomic E-state index is 0. The molecule has 0 saturated heterocycles. The Hall–Kier alpha value is 4.39. The molecule has 0 saturated carbocycles. The van der Waals surface area contributed by atoms with Gasteiger partial charge in [0.15, 0.2) is 0 Å². The Balaban J connectivity index is 0. The Morgan fingerprint density at radius 3 is 0.500 bits per heavy atom. The second kappa shape index (κ2) is 15.7. The summed E-state index contributed by atoms with van der Waals surface area (Å²) in [6.07, 6.45) is 0. The Morgan fingerprint density at radius 1 is 0.500 bits per heavy atom. The molecule has 4 heavy (non-hydrogen) atoms. The third-order valence-electron chi connectivity index (χ3n) is 0. The molecule has 0 heterocycles. The van der Waals surface area contributed by atoms with E-state index in [0.29, 0.717) is 0 Å². The van der Waals surface area contributed by atoms with Crippen molar-refractivity contribution in [3.05, 3.63) is 0 Å². The van der Waals surface area contributed by atoms with Gasteiger partial charge in [-0.3, -0.25) is 0 Å². The van der Waals surface area contributed by atoms with Crippen LogP contribution in [0.3, 0.4) is 0 Å². The summed E-state index contributed by atoms with van der Waals surface area (Å²) in [6.45, 7) is 0. The van der Waals surface area contributed by atoms with Crippen molar-refractivity contribution >= 4 is 97.8 Å². The SMILES string of the molecule is [Ba].[Ba].[Zn].[Zn]. The van der Waals surface area contributed by atoms with E-state index in [1.54, 1.807) is 0 Å². The second-order valence-electron chi connectivity index (χ2n) is 0. The monoisotopic (exact) mass is 404 g/mol. The van der Waals surface area contributed by atoms with Crippen LogP contribution in [0.2, 0.25) is 0 Å². The zero-order valence-electron chi connectivity index (χ0n) is 2.83.